The molecular weight excluding hydrogens is 270 g/mol. The van der Waals surface area contributed by atoms with Crippen LogP contribution in [0.15, 0.2) is 0 Å². The van der Waals surface area contributed by atoms with Gasteiger partial charge in [0.1, 0.15) is 6.04 Å². The summed E-state index contributed by atoms with van der Waals surface area (Å²) in [5.74, 6) is -2.91. The van der Waals surface area contributed by atoms with Crippen molar-refractivity contribution in [3.05, 3.63) is 11.4 Å². The number of anilines is 1. The standard InChI is InChI=1S/C10H13N5O5/c1-4-5(2)14-15-9(11-4)13-10(20)12-6(8(18)19)3-7(16)17/h6H,3H2,1-2H3,(H,16,17)(H,18,19)(H2,11,12,13,15,20)/t6-/m1/s1. The molecule has 1 heterocycles. The highest BCUT2D eigenvalue weighted by Crippen LogP contribution is 2.02. The van der Waals surface area contributed by atoms with Crippen LogP contribution in [0.25, 0.3) is 0 Å². The van der Waals surface area contributed by atoms with Crippen molar-refractivity contribution in [3.8, 4) is 0 Å². The number of carbonyl (C=O) groups is 3. The van der Waals surface area contributed by atoms with E-state index in [-0.39, 0.29) is 5.95 Å². The molecule has 0 aliphatic carbocycles. The van der Waals surface area contributed by atoms with Crippen molar-refractivity contribution in [3.63, 3.8) is 0 Å². The third-order valence-corrected chi connectivity index (χ3v) is 2.30. The molecule has 4 N–H and O–H groups in total. The SMILES string of the molecule is Cc1nnc(NC(=O)N[C@H](CC(=O)O)C(=O)O)nc1C. The lowest BCUT2D eigenvalue weighted by Crippen LogP contribution is -2.44. The predicted molar refractivity (Wildman–Crippen MR) is 65.1 cm³/mol. The monoisotopic (exact) mass is 283 g/mol. The van der Waals surface area contributed by atoms with E-state index in [9.17, 15) is 14.4 Å². The Bertz CT molecular complexity index is 547. The summed E-state index contributed by atoms with van der Waals surface area (Å²) >= 11 is 0. The number of carboxylic acid groups (broad SMARTS) is 2. The fourth-order valence-corrected chi connectivity index (χ4v) is 1.18. The van der Waals surface area contributed by atoms with Crippen LogP contribution >= 0.6 is 0 Å². The second-order valence-corrected chi connectivity index (χ2v) is 3.89. The van der Waals surface area contributed by atoms with Gasteiger partial charge in [0.25, 0.3) is 5.95 Å². The molecule has 1 aromatic heterocycles. The van der Waals surface area contributed by atoms with Gasteiger partial charge in [-0.1, -0.05) is 0 Å². The molecular formula is C10H13N5O5. The van der Waals surface area contributed by atoms with Crippen molar-refractivity contribution in [2.75, 3.05) is 5.32 Å². The number of carbonyl (C=O) groups excluding carboxylic acids is 1. The largest absolute Gasteiger partial charge is 0.481 e. The topological polar surface area (TPSA) is 154 Å². The summed E-state index contributed by atoms with van der Waals surface area (Å²) in [4.78, 5) is 36.7. The van der Waals surface area contributed by atoms with E-state index in [2.05, 4.69) is 20.5 Å². The molecule has 0 fully saturated rings. The Morgan fingerprint density at radius 2 is 1.80 bits per heavy atom. The minimum absolute atomic E-state index is 0.106. The van der Waals surface area contributed by atoms with Gasteiger partial charge in [-0.3, -0.25) is 10.1 Å². The number of aromatic nitrogens is 3. The smallest absolute Gasteiger partial charge is 0.326 e. The maximum absolute atomic E-state index is 11.5. The van der Waals surface area contributed by atoms with Crippen molar-refractivity contribution in [2.45, 2.75) is 26.3 Å². The Hall–Kier alpha value is -2.78. The molecule has 10 nitrogen and oxygen atoms in total. The molecule has 0 saturated heterocycles. The second-order valence-electron chi connectivity index (χ2n) is 3.89. The van der Waals surface area contributed by atoms with Crippen molar-refractivity contribution in [2.24, 2.45) is 0 Å². The number of urea groups is 1. The lowest BCUT2D eigenvalue weighted by molar-refractivity contribution is -0.145. The second kappa shape index (κ2) is 6.41. The van der Waals surface area contributed by atoms with E-state index in [0.717, 1.165) is 0 Å². The zero-order valence-corrected chi connectivity index (χ0v) is 10.7. The molecule has 0 bridgehead atoms. The number of carboxylic acids is 2. The number of hydrogen-bond acceptors (Lipinski definition) is 6. The number of hydrogen-bond donors (Lipinski definition) is 4. The lowest BCUT2D eigenvalue weighted by Gasteiger charge is -2.12. The van der Waals surface area contributed by atoms with E-state index >= 15 is 0 Å². The fourth-order valence-electron chi connectivity index (χ4n) is 1.18. The first-order valence-electron chi connectivity index (χ1n) is 5.49. The summed E-state index contributed by atoms with van der Waals surface area (Å²) in [6, 6.07) is -2.48. The van der Waals surface area contributed by atoms with Crippen LogP contribution in [0.2, 0.25) is 0 Å². The zero-order valence-electron chi connectivity index (χ0n) is 10.7. The molecule has 1 aromatic rings. The molecule has 0 aliphatic heterocycles. The molecule has 1 atom stereocenters. The summed E-state index contributed by atoms with van der Waals surface area (Å²) < 4.78 is 0. The van der Waals surface area contributed by atoms with Gasteiger partial charge in [0.15, 0.2) is 0 Å². The summed E-state index contributed by atoms with van der Waals surface area (Å²) in [5.41, 5.74) is 1.14. The quantitative estimate of drug-likeness (QED) is 0.565. The van der Waals surface area contributed by atoms with Gasteiger partial charge in [0.2, 0.25) is 0 Å². The van der Waals surface area contributed by atoms with Gasteiger partial charge in [-0.2, -0.15) is 5.10 Å². The van der Waals surface area contributed by atoms with E-state index in [4.69, 9.17) is 10.2 Å². The Morgan fingerprint density at radius 1 is 1.15 bits per heavy atom. The van der Waals surface area contributed by atoms with E-state index in [1.807, 2.05) is 5.32 Å². The van der Waals surface area contributed by atoms with Crippen molar-refractivity contribution in [1.29, 1.82) is 0 Å². The number of aryl methyl sites for hydroxylation is 2. The maximum atomic E-state index is 11.5. The van der Waals surface area contributed by atoms with Crippen LogP contribution in [0.5, 0.6) is 0 Å². The first kappa shape index (κ1) is 15.3. The van der Waals surface area contributed by atoms with Crippen LogP contribution in [0, 0.1) is 13.8 Å². The highest BCUT2D eigenvalue weighted by Gasteiger charge is 2.23. The number of nitrogens with one attached hydrogen (secondary N) is 2. The van der Waals surface area contributed by atoms with Gasteiger partial charge in [0, 0.05) is 0 Å². The average Bonchev–Trinajstić information content (AvgIpc) is 2.32. The fraction of sp³-hybridized carbons (Fsp3) is 0.400. The van der Waals surface area contributed by atoms with Gasteiger partial charge >= 0.3 is 18.0 Å². The van der Waals surface area contributed by atoms with Crippen LogP contribution in [0.4, 0.5) is 10.7 Å². The average molecular weight is 283 g/mol. The molecule has 108 valence electrons. The molecule has 0 aliphatic rings. The molecule has 20 heavy (non-hydrogen) atoms. The predicted octanol–water partition coefficient (Wildman–Crippen LogP) is -0.462. The Morgan fingerprint density at radius 3 is 2.30 bits per heavy atom. The minimum atomic E-state index is -1.55. The van der Waals surface area contributed by atoms with Crippen LogP contribution < -0.4 is 10.6 Å². The first-order chi connectivity index (χ1) is 9.29. The Kier molecular flexibility index (Phi) is 4.89. The van der Waals surface area contributed by atoms with E-state index < -0.39 is 30.4 Å². The number of aliphatic carboxylic acids is 2. The Labute approximate surface area is 113 Å². The lowest BCUT2D eigenvalue weighted by atomic mass is 10.2. The summed E-state index contributed by atoms with van der Waals surface area (Å²) in [6.07, 6.45) is -0.741. The van der Waals surface area contributed by atoms with Crippen molar-refractivity contribution in [1.82, 2.24) is 20.5 Å². The molecule has 0 radical (unpaired) electrons. The Balaban J connectivity index is 2.67. The molecule has 1 rings (SSSR count). The van der Waals surface area contributed by atoms with Crippen LogP contribution in [0.3, 0.4) is 0 Å². The molecule has 0 unspecified atom stereocenters. The van der Waals surface area contributed by atoms with Gasteiger partial charge in [0.05, 0.1) is 17.8 Å². The molecule has 0 saturated carbocycles. The summed E-state index contributed by atoms with van der Waals surface area (Å²) in [6.45, 7) is 3.35. The van der Waals surface area contributed by atoms with Crippen molar-refractivity contribution < 1.29 is 24.6 Å². The van der Waals surface area contributed by atoms with Crippen LogP contribution in [0.1, 0.15) is 17.8 Å². The van der Waals surface area contributed by atoms with E-state index in [0.29, 0.717) is 11.4 Å². The van der Waals surface area contributed by atoms with E-state index in [1.54, 1.807) is 13.8 Å². The third-order valence-electron chi connectivity index (χ3n) is 2.30. The summed E-state index contributed by atoms with van der Waals surface area (Å²) in [7, 11) is 0. The number of nitrogens with zero attached hydrogens (tertiary/aromatic N) is 3. The van der Waals surface area contributed by atoms with Gasteiger partial charge in [-0.05, 0) is 13.8 Å². The van der Waals surface area contributed by atoms with E-state index in [1.165, 1.54) is 0 Å². The maximum Gasteiger partial charge on any atom is 0.326 e. The molecule has 0 aromatic carbocycles. The van der Waals surface area contributed by atoms with Crippen LogP contribution in [-0.4, -0.2) is 49.4 Å². The highest BCUT2D eigenvalue weighted by molar-refractivity contribution is 5.92. The zero-order chi connectivity index (χ0) is 15.3. The van der Waals surface area contributed by atoms with Gasteiger partial charge in [-0.15, -0.1) is 5.10 Å². The highest BCUT2D eigenvalue weighted by atomic mass is 16.4. The number of amides is 2. The summed E-state index contributed by atoms with van der Waals surface area (Å²) in [5, 5.41) is 28.8. The van der Waals surface area contributed by atoms with Crippen LogP contribution in [-0.2, 0) is 9.59 Å². The third kappa shape index (κ3) is 4.48. The molecule has 2 amide bonds. The van der Waals surface area contributed by atoms with Crippen molar-refractivity contribution >= 4 is 23.9 Å². The minimum Gasteiger partial charge on any atom is -0.481 e. The van der Waals surface area contributed by atoms with Gasteiger partial charge < -0.3 is 15.5 Å². The first-order valence-corrected chi connectivity index (χ1v) is 5.49. The molecule has 0 spiro atoms. The normalized spacial score (nSPS) is 11.5. The van der Waals surface area contributed by atoms with Gasteiger partial charge in [-0.25, -0.2) is 14.6 Å². The number of rotatable bonds is 5. The molecule has 10 heteroatoms.